The molecule has 0 bridgehead atoms. The highest BCUT2D eigenvalue weighted by molar-refractivity contribution is 5.95. The highest BCUT2D eigenvalue weighted by Gasteiger charge is 2.35. The molecule has 1 aliphatic rings. The Morgan fingerprint density at radius 3 is 2.56 bits per heavy atom. The van der Waals surface area contributed by atoms with Gasteiger partial charge in [-0.25, -0.2) is 4.79 Å². The Hall–Kier alpha value is -2.75. The first-order valence-corrected chi connectivity index (χ1v) is 8.38. The normalized spacial score (nSPS) is 22.0. The van der Waals surface area contributed by atoms with Crippen molar-refractivity contribution in [1.29, 1.82) is 0 Å². The standard InChI is InChI=1S/C18H20N2O7/c1-26-12-4-2-11(3-5-12)14(23)9-20-16(24)6-7-19(18(20)25)17-8-13(22)15(10-21)27-17/h2-7,13,15,17,21-22H,8-10H2,1H3/t13-,15+,17+/m0/s1. The number of hydrogen-bond acceptors (Lipinski definition) is 7. The number of rotatable bonds is 6. The fourth-order valence-corrected chi connectivity index (χ4v) is 2.96. The van der Waals surface area contributed by atoms with Crippen molar-refractivity contribution in [2.24, 2.45) is 0 Å². The molecule has 1 saturated heterocycles. The summed E-state index contributed by atoms with van der Waals surface area (Å²) in [6, 6.07) is 7.49. The number of aromatic nitrogens is 2. The topological polar surface area (TPSA) is 120 Å². The van der Waals surface area contributed by atoms with Crippen molar-refractivity contribution < 1.29 is 24.5 Å². The fraction of sp³-hybridized carbons (Fsp3) is 0.389. The van der Waals surface area contributed by atoms with E-state index in [-0.39, 0.29) is 13.0 Å². The number of benzene rings is 1. The van der Waals surface area contributed by atoms with E-state index in [1.54, 1.807) is 24.3 Å². The number of ether oxygens (including phenoxy) is 2. The Morgan fingerprint density at radius 1 is 1.26 bits per heavy atom. The second-order valence-electron chi connectivity index (χ2n) is 6.20. The SMILES string of the molecule is COc1ccc(C(=O)Cn2c(=O)ccn([C@H]3C[C@H](O)[C@@H](CO)O3)c2=O)cc1. The monoisotopic (exact) mass is 376 g/mol. The van der Waals surface area contributed by atoms with Crippen molar-refractivity contribution in [2.45, 2.75) is 31.4 Å². The first-order chi connectivity index (χ1) is 12.9. The number of aliphatic hydroxyl groups is 2. The number of methoxy groups -OCH3 is 1. The lowest BCUT2D eigenvalue weighted by molar-refractivity contribution is -0.0463. The third-order valence-electron chi connectivity index (χ3n) is 4.50. The van der Waals surface area contributed by atoms with Crippen LogP contribution in [-0.4, -0.2) is 51.1 Å². The summed E-state index contributed by atoms with van der Waals surface area (Å²) in [7, 11) is 1.51. The summed E-state index contributed by atoms with van der Waals surface area (Å²) in [5.41, 5.74) is -0.999. The Bertz CT molecular complexity index is 932. The van der Waals surface area contributed by atoms with Crippen LogP contribution in [0, 0.1) is 0 Å². The first kappa shape index (κ1) is 19.0. The van der Waals surface area contributed by atoms with Crippen LogP contribution in [0.3, 0.4) is 0 Å². The molecule has 1 aromatic heterocycles. The summed E-state index contributed by atoms with van der Waals surface area (Å²) >= 11 is 0. The minimum Gasteiger partial charge on any atom is -0.497 e. The lowest BCUT2D eigenvalue weighted by atomic mass is 10.1. The number of carbonyl (C=O) groups excluding carboxylic acids is 1. The minimum atomic E-state index is -0.923. The molecule has 0 aliphatic carbocycles. The molecule has 0 radical (unpaired) electrons. The van der Waals surface area contributed by atoms with Crippen LogP contribution in [0.25, 0.3) is 0 Å². The number of aliphatic hydroxyl groups excluding tert-OH is 2. The van der Waals surface area contributed by atoms with E-state index < -0.39 is 42.0 Å². The number of ketones is 1. The zero-order valence-electron chi connectivity index (χ0n) is 14.6. The molecule has 2 heterocycles. The third kappa shape index (κ3) is 3.85. The average Bonchev–Trinajstić information content (AvgIpc) is 3.05. The van der Waals surface area contributed by atoms with Gasteiger partial charge in [-0.1, -0.05) is 0 Å². The van der Waals surface area contributed by atoms with E-state index in [1.807, 2.05) is 0 Å². The molecule has 144 valence electrons. The molecule has 0 spiro atoms. The van der Waals surface area contributed by atoms with Gasteiger partial charge < -0.3 is 19.7 Å². The van der Waals surface area contributed by atoms with E-state index in [9.17, 15) is 24.6 Å². The van der Waals surface area contributed by atoms with Crippen molar-refractivity contribution in [3.8, 4) is 5.75 Å². The number of Topliss-reactive ketones (excluding diaryl/α,β-unsaturated/α-hetero) is 1. The second-order valence-corrected chi connectivity index (χ2v) is 6.20. The Balaban J connectivity index is 1.86. The average molecular weight is 376 g/mol. The largest absolute Gasteiger partial charge is 0.497 e. The van der Waals surface area contributed by atoms with E-state index in [0.29, 0.717) is 11.3 Å². The molecular formula is C18H20N2O7. The Morgan fingerprint density at radius 2 is 1.96 bits per heavy atom. The van der Waals surface area contributed by atoms with Crippen LogP contribution in [0.2, 0.25) is 0 Å². The molecule has 27 heavy (non-hydrogen) atoms. The van der Waals surface area contributed by atoms with Crippen molar-refractivity contribution >= 4 is 5.78 Å². The maximum atomic E-state index is 12.7. The summed E-state index contributed by atoms with van der Waals surface area (Å²) in [6.45, 7) is -0.814. The van der Waals surface area contributed by atoms with Crippen LogP contribution in [0.4, 0.5) is 0 Å². The van der Waals surface area contributed by atoms with Gasteiger partial charge >= 0.3 is 5.69 Å². The number of carbonyl (C=O) groups is 1. The van der Waals surface area contributed by atoms with Gasteiger partial charge in [-0.2, -0.15) is 0 Å². The molecule has 9 nitrogen and oxygen atoms in total. The summed E-state index contributed by atoms with van der Waals surface area (Å²) < 4.78 is 12.4. The van der Waals surface area contributed by atoms with Gasteiger partial charge in [0.25, 0.3) is 5.56 Å². The van der Waals surface area contributed by atoms with Gasteiger partial charge in [-0.15, -0.1) is 0 Å². The molecule has 0 unspecified atom stereocenters. The van der Waals surface area contributed by atoms with E-state index >= 15 is 0 Å². The molecular weight excluding hydrogens is 356 g/mol. The van der Waals surface area contributed by atoms with Crippen LogP contribution in [0.15, 0.2) is 46.1 Å². The fourth-order valence-electron chi connectivity index (χ4n) is 2.96. The quantitative estimate of drug-likeness (QED) is 0.655. The summed E-state index contributed by atoms with van der Waals surface area (Å²) in [6.07, 6.45) is -1.20. The molecule has 3 rings (SSSR count). The molecule has 3 atom stereocenters. The molecule has 1 aromatic carbocycles. The highest BCUT2D eigenvalue weighted by Crippen LogP contribution is 2.27. The van der Waals surface area contributed by atoms with Gasteiger partial charge in [0.2, 0.25) is 0 Å². The van der Waals surface area contributed by atoms with E-state index in [2.05, 4.69) is 0 Å². The van der Waals surface area contributed by atoms with Gasteiger partial charge in [0.1, 0.15) is 18.1 Å². The predicted octanol–water partition coefficient (Wildman–Crippen LogP) is -0.458. The Kier molecular flexibility index (Phi) is 5.54. The lowest BCUT2D eigenvalue weighted by Crippen LogP contribution is -2.42. The van der Waals surface area contributed by atoms with E-state index in [4.69, 9.17) is 9.47 Å². The van der Waals surface area contributed by atoms with E-state index in [1.165, 1.54) is 13.3 Å². The Labute approximate surface area is 154 Å². The second kappa shape index (κ2) is 7.87. The summed E-state index contributed by atoms with van der Waals surface area (Å²) in [4.78, 5) is 37.2. The molecule has 0 amide bonds. The molecule has 1 fully saturated rings. The van der Waals surface area contributed by atoms with Gasteiger partial charge in [-0.05, 0) is 24.3 Å². The van der Waals surface area contributed by atoms with Gasteiger partial charge in [0, 0.05) is 24.2 Å². The van der Waals surface area contributed by atoms with Crippen LogP contribution in [-0.2, 0) is 11.3 Å². The van der Waals surface area contributed by atoms with Crippen LogP contribution in [0.1, 0.15) is 23.0 Å². The molecule has 0 saturated carbocycles. The van der Waals surface area contributed by atoms with Crippen LogP contribution in [0.5, 0.6) is 5.75 Å². The smallest absolute Gasteiger partial charge is 0.333 e. The summed E-state index contributed by atoms with van der Waals surface area (Å²) in [5, 5.41) is 19.0. The van der Waals surface area contributed by atoms with Crippen molar-refractivity contribution in [1.82, 2.24) is 9.13 Å². The molecule has 2 aromatic rings. The predicted molar refractivity (Wildman–Crippen MR) is 93.9 cm³/mol. The zero-order valence-corrected chi connectivity index (χ0v) is 14.6. The lowest BCUT2D eigenvalue weighted by Gasteiger charge is -2.16. The maximum absolute atomic E-state index is 12.7. The highest BCUT2D eigenvalue weighted by atomic mass is 16.5. The minimum absolute atomic E-state index is 0.0930. The van der Waals surface area contributed by atoms with Crippen molar-refractivity contribution in [3.05, 3.63) is 62.9 Å². The van der Waals surface area contributed by atoms with Gasteiger partial charge in [0.15, 0.2) is 5.78 Å². The van der Waals surface area contributed by atoms with Crippen LogP contribution >= 0.6 is 0 Å². The summed E-state index contributed by atoms with van der Waals surface area (Å²) in [5.74, 6) is 0.177. The first-order valence-electron chi connectivity index (χ1n) is 8.38. The maximum Gasteiger partial charge on any atom is 0.333 e. The molecule has 2 N–H and O–H groups in total. The van der Waals surface area contributed by atoms with Gasteiger partial charge in [-0.3, -0.25) is 18.7 Å². The molecule has 9 heteroatoms. The number of hydrogen-bond donors (Lipinski definition) is 2. The third-order valence-corrected chi connectivity index (χ3v) is 4.50. The molecule has 1 aliphatic heterocycles. The number of nitrogens with zero attached hydrogens (tertiary/aromatic N) is 2. The zero-order chi connectivity index (χ0) is 19.6. The van der Waals surface area contributed by atoms with E-state index in [0.717, 1.165) is 15.2 Å². The van der Waals surface area contributed by atoms with Crippen LogP contribution < -0.4 is 16.0 Å². The van der Waals surface area contributed by atoms with Crippen molar-refractivity contribution in [2.75, 3.05) is 13.7 Å². The van der Waals surface area contributed by atoms with Crippen molar-refractivity contribution in [3.63, 3.8) is 0 Å². The van der Waals surface area contributed by atoms with Gasteiger partial charge in [0.05, 0.1) is 26.4 Å².